The largest absolute Gasteiger partial charge is 0.467 e. The van der Waals surface area contributed by atoms with Crippen LogP contribution in [0.3, 0.4) is 0 Å². The fourth-order valence-corrected chi connectivity index (χ4v) is 3.33. The van der Waals surface area contributed by atoms with Gasteiger partial charge < -0.3 is 18.5 Å². The van der Waals surface area contributed by atoms with Gasteiger partial charge in [0.25, 0.3) is 5.91 Å². The van der Waals surface area contributed by atoms with E-state index in [0.717, 1.165) is 36.8 Å². The number of rotatable bonds is 6. The SMILES string of the molecule is O=C(OCC(=O)N(Cc1ccco1)C1=CCCCC1)c1cc2ccccc2o1. The Labute approximate surface area is 162 Å². The van der Waals surface area contributed by atoms with Crippen LogP contribution in [0.25, 0.3) is 11.0 Å². The zero-order valence-electron chi connectivity index (χ0n) is 15.4. The molecule has 0 N–H and O–H groups in total. The van der Waals surface area contributed by atoms with Crippen molar-refractivity contribution in [1.29, 1.82) is 0 Å². The van der Waals surface area contributed by atoms with Crippen LogP contribution in [0.15, 0.2) is 69.3 Å². The fourth-order valence-electron chi connectivity index (χ4n) is 3.33. The molecular formula is C22H21NO5. The number of furan rings is 2. The average molecular weight is 379 g/mol. The van der Waals surface area contributed by atoms with Crippen molar-refractivity contribution in [2.75, 3.05) is 6.61 Å². The van der Waals surface area contributed by atoms with Gasteiger partial charge in [-0.3, -0.25) is 4.79 Å². The number of esters is 1. The van der Waals surface area contributed by atoms with Gasteiger partial charge in [-0.1, -0.05) is 24.3 Å². The van der Waals surface area contributed by atoms with Crippen LogP contribution in [0.4, 0.5) is 0 Å². The van der Waals surface area contributed by atoms with E-state index < -0.39 is 5.97 Å². The first-order valence-corrected chi connectivity index (χ1v) is 9.38. The maximum absolute atomic E-state index is 12.8. The molecular weight excluding hydrogens is 358 g/mol. The Balaban J connectivity index is 1.44. The van der Waals surface area contributed by atoms with Crippen LogP contribution in [0, 0.1) is 0 Å². The molecule has 1 aromatic carbocycles. The molecule has 6 nitrogen and oxygen atoms in total. The number of allylic oxidation sites excluding steroid dienone is 2. The summed E-state index contributed by atoms with van der Waals surface area (Å²) in [5, 5.41) is 0.813. The quantitative estimate of drug-likeness (QED) is 0.582. The second-order valence-electron chi connectivity index (χ2n) is 6.73. The van der Waals surface area contributed by atoms with Crippen LogP contribution in [-0.2, 0) is 16.1 Å². The maximum atomic E-state index is 12.8. The summed E-state index contributed by atoms with van der Waals surface area (Å²) in [5.74, 6) is -0.166. The van der Waals surface area contributed by atoms with Crippen molar-refractivity contribution in [2.45, 2.75) is 32.2 Å². The molecule has 0 bridgehead atoms. The number of nitrogens with zero attached hydrogens (tertiary/aromatic N) is 1. The van der Waals surface area contributed by atoms with Gasteiger partial charge in [0.15, 0.2) is 6.61 Å². The van der Waals surface area contributed by atoms with Gasteiger partial charge in [-0.25, -0.2) is 4.79 Å². The highest BCUT2D eigenvalue weighted by molar-refractivity contribution is 5.93. The topological polar surface area (TPSA) is 72.9 Å². The number of fused-ring (bicyclic) bond motifs is 1. The number of para-hydroxylation sites is 1. The summed E-state index contributed by atoms with van der Waals surface area (Å²) in [4.78, 5) is 26.8. The molecule has 28 heavy (non-hydrogen) atoms. The highest BCUT2D eigenvalue weighted by Gasteiger charge is 2.23. The Morgan fingerprint density at radius 2 is 2.00 bits per heavy atom. The van der Waals surface area contributed by atoms with Crippen LogP contribution >= 0.6 is 0 Å². The summed E-state index contributed by atoms with van der Waals surface area (Å²) in [6, 6.07) is 12.5. The predicted octanol–water partition coefficient (Wildman–Crippen LogP) is 4.67. The van der Waals surface area contributed by atoms with Gasteiger partial charge in [-0.15, -0.1) is 0 Å². The van der Waals surface area contributed by atoms with Crippen molar-refractivity contribution < 1.29 is 23.2 Å². The van der Waals surface area contributed by atoms with E-state index in [0.29, 0.717) is 17.9 Å². The Kier molecular flexibility index (Phi) is 5.28. The van der Waals surface area contributed by atoms with Gasteiger partial charge in [-0.05, 0) is 49.9 Å². The molecule has 0 atom stereocenters. The first-order valence-electron chi connectivity index (χ1n) is 9.38. The molecule has 4 rings (SSSR count). The number of amides is 1. The minimum atomic E-state index is -0.653. The zero-order chi connectivity index (χ0) is 19.3. The Morgan fingerprint density at radius 1 is 1.11 bits per heavy atom. The van der Waals surface area contributed by atoms with Crippen LogP contribution in [0.5, 0.6) is 0 Å². The Hall–Kier alpha value is -3.28. The number of hydrogen-bond donors (Lipinski definition) is 0. The third-order valence-corrected chi connectivity index (χ3v) is 4.76. The lowest BCUT2D eigenvalue weighted by atomic mass is 10.0. The van der Waals surface area contributed by atoms with E-state index in [1.807, 2.05) is 24.3 Å². The first kappa shape index (κ1) is 18.1. The lowest BCUT2D eigenvalue weighted by Crippen LogP contribution is -2.34. The van der Waals surface area contributed by atoms with Crippen molar-refractivity contribution in [3.8, 4) is 0 Å². The minimum absolute atomic E-state index is 0.0865. The third-order valence-electron chi connectivity index (χ3n) is 4.76. The minimum Gasteiger partial charge on any atom is -0.467 e. The van der Waals surface area contributed by atoms with E-state index in [1.165, 1.54) is 0 Å². The predicted molar refractivity (Wildman–Crippen MR) is 102 cm³/mol. The van der Waals surface area contributed by atoms with Crippen LogP contribution in [0.1, 0.15) is 42.0 Å². The molecule has 0 unspecified atom stereocenters. The van der Waals surface area contributed by atoms with Gasteiger partial charge in [0.05, 0.1) is 12.8 Å². The molecule has 1 aliphatic carbocycles. The highest BCUT2D eigenvalue weighted by Crippen LogP contribution is 2.24. The molecule has 1 aliphatic rings. The lowest BCUT2D eigenvalue weighted by molar-refractivity contribution is -0.133. The molecule has 0 aliphatic heterocycles. The maximum Gasteiger partial charge on any atom is 0.374 e. The van der Waals surface area contributed by atoms with Crippen molar-refractivity contribution in [3.63, 3.8) is 0 Å². The number of hydrogen-bond acceptors (Lipinski definition) is 5. The molecule has 1 amide bonds. The molecule has 2 aromatic heterocycles. The third kappa shape index (κ3) is 4.01. The van der Waals surface area contributed by atoms with E-state index in [4.69, 9.17) is 13.6 Å². The molecule has 3 aromatic rings. The average Bonchev–Trinajstić information content (AvgIpc) is 3.40. The van der Waals surface area contributed by atoms with Gasteiger partial charge in [0, 0.05) is 11.1 Å². The van der Waals surface area contributed by atoms with Gasteiger partial charge >= 0.3 is 5.97 Å². The van der Waals surface area contributed by atoms with Gasteiger partial charge in [0.1, 0.15) is 11.3 Å². The second kappa shape index (κ2) is 8.17. The van der Waals surface area contributed by atoms with E-state index in [9.17, 15) is 9.59 Å². The number of ether oxygens (including phenoxy) is 1. The normalized spacial score (nSPS) is 13.9. The van der Waals surface area contributed by atoms with E-state index in [-0.39, 0.29) is 18.3 Å². The highest BCUT2D eigenvalue weighted by atomic mass is 16.5. The number of benzene rings is 1. The lowest BCUT2D eigenvalue weighted by Gasteiger charge is -2.26. The summed E-state index contributed by atoms with van der Waals surface area (Å²) in [7, 11) is 0. The van der Waals surface area contributed by atoms with Gasteiger partial charge in [-0.2, -0.15) is 0 Å². The summed E-state index contributed by atoms with van der Waals surface area (Å²) in [6.45, 7) is -0.0339. The number of carbonyl (C=O) groups is 2. The zero-order valence-corrected chi connectivity index (χ0v) is 15.4. The van der Waals surface area contributed by atoms with Crippen molar-refractivity contribution in [1.82, 2.24) is 4.90 Å². The fraction of sp³-hybridized carbons (Fsp3) is 0.273. The van der Waals surface area contributed by atoms with Crippen molar-refractivity contribution >= 4 is 22.8 Å². The standard InChI is InChI=1S/C22H21NO5/c24-21(15-27-22(25)20-13-16-7-4-5-11-19(16)28-20)23(14-18-10-6-12-26-18)17-8-2-1-3-9-17/h4-8,10-13H,1-3,9,14-15H2. The monoisotopic (exact) mass is 379 g/mol. The Bertz CT molecular complexity index is 966. The summed E-state index contributed by atoms with van der Waals surface area (Å²) >= 11 is 0. The summed E-state index contributed by atoms with van der Waals surface area (Å²) in [6.07, 6.45) is 7.57. The molecule has 144 valence electrons. The van der Waals surface area contributed by atoms with Crippen LogP contribution in [-0.4, -0.2) is 23.4 Å². The molecule has 6 heteroatoms. The molecule has 0 spiro atoms. The van der Waals surface area contributed by atoms with Crippen LogP contribution < -0.4 is 0 Å². The summed E-state index contributed by atoms with van der Waals surface area (Å²) in [5.41, 5.74) is 1.56. The van der Waals surface area contributed by atoms with Crippen LogP contribution in [0.2, 0.25) is 0 Å². The van der Waals surface area contributed by atoms with E-state index >= 15 is 0 Å². The summed E-state index contributed by atoms with van der Waals surface area (Å²) < 4.78 is 16.1. The molecule has 0 saturated heterocycles. The molecule has 0 radical (unpaired) electrons. The van der Waals surface area contributed by atoms with E-state index in [1.54, 1.807) is 29.4 Å². The Morgan fingerprint density at radius 3 is 2.75 bits per heavy atom. The molecule has 2 heterocycles. The molecule has 0 saturated carbocycles. The smallest absolute Gasteiger partial charge is 0.374 e. The van der Waals surface area contributed by atoms with Gasteiger partial charge in [0.2, 0.25) is 5.76 Å². The number of carbonyl (C=O) groups excluding carboxylic acids is 2. The molecule has 0 fully saturated rings. The first-order chi connectivity index (χ1) is 13.7. The van der Waals surface area contributed by atoms with Crippen molar-refractivity contribution in [3.05, 3.63) is 72.0 Å². The van der Waals surface area contributed by atoms with Crippen molar-refractivity contribution in [2.24, 2.45) is 0 Å². The van der Waals surface area contributed by atoms with E-state index in [2.05, 4.69) is 6.08 Å². The second-order valence-corrected chi connectivity index (χ2v) is 6.73.